The van der Waals surface area contributed by atoms with Crippen molar-refractivity contribution in [3.05, 3.63) is 47.5 Å². The second kappa shape index (κ2) is 6.86. The Kier molecular flexibility index (Phi) is 4.42. The number of hydrogen-bond acceptors (Lipinski definition) is 3. The number of fused-ring (bicyclic) bond motifs is 1. The van der Waals surface area contributed by atoms with E-state index in [4.69, 9.17) is 0 Å². The second-order valence-electron chi connectivity index (χ2n) is 7.03. The van der Waals surface area contributed by atoms with E-state index >= 15 is 0 Å². The van der Waals surface area contributed by atoms with E-state index in [1.54, 1.807) is 0 Å². The molecule has 6 nitrogen and oxygen atoms in total. The maximum atomic E-state index is 12.3. The van der Waals surface area contributed by atoms with E-state index in [0.29, 0.717) is 11.8 Å². The van der Waals surface area contributed by atoms with Crippen LogP contribution in [0.2, 0.25) is 0 Å². The minimum absolute atomic E-state index is 0.0364. The van der Waals surface area contributed by atoms with Crippen LogP contribution in [0.25, 0.3) is 0 Å². The zero-order valence-corrected chi connectivity index (χ0v) is 14.6. The number of carbonyl (C=O) groups is 1. The van der Waals surface area contributed by atoms with Gasteiger partial charge >= 0.3 is 6.03 Å². The largest absolute Gasteiger partial charge is 0.338 e. The average Bonchev–Trinajstić information content (AvgIpc) is 3.30. The van der Waals surface area contributed by atoms with Gasteiger partial charge in [0.15, 0.2) is 5.82 Å². The molecule has 0 saturated heterocycles. The average molecular weight is 339 g/mol. The quantitative estimate of drug-likeness (QED) is 0.880. The Morgan fingerprint density at radius 2 is 2.16 bits per heavy atom. The van der Waals surface area contributed by atoms with Crippen molar-refractivity contribution in [3.63, 3.8) is 0 Å². The standard InChI is InChI=1S/C19H25N5O/c1-2-17-22-18-16(9-6-10-24(18)23-17)21-19(25)20-12-14-11-15(14)13-7-4-3-5-8-13/h3-5,7-8,14-16H,2,6,9-12H2,1H3,(H2,20,21,25)/t14-,15-,16-/m0/s1. The van der Waals surface area contributed by atoms with E-state index in [-0.39, 0.29) is 12.1 Å². The number of nitrogens with one attached hydrogen (secondary N) is 2. The SMILES string of the molecule is CCc1nc2n(n1)CCC[C@@H]2NC(=O)NC[C@@H]1C[C@H]1c1ccccc1. The van der Waals surface area contributed by atoms with Crippen LogP contribution in [0.1, 0.15) is 55.4 Å². The predicted molar refractivity (Wildman–Crippen MR) is 95.2 cm³/mol. The highest BCUT2D eigenvalue weighted by Gasteiger charge is 2.38. The summed E-state index contributed by atoms with van der Waals surface area (Å²) in [7, 11) is 0. The summed E-state index contributed by atoms with van der Waals surface area (Å²) in [5.41, 5.74) is 1.38. The van der Waals surface area contributed by atoms with Crippen molar-refractivity contribution in [2.24, 2.45) is 5.92 Å². The van der Waals surface area contributed by atoms with Crippen molar-refractivity contribution in [3.8, 4) is 0 Å². The molecule has 0 radical (unpaired) electrons. The molecule has 1 saturated carbocycles. The van der Waals surface area contributed by atoms with Crippen LogP contribution < -0.4 is 10.6 Å². The number of urea groups is 1. The number of rotatable bonds is 5. The smallest absolute Gasteiger partial charge is 0.315 e. The molecule has 2 aromatic rings. The number of carbonyl (C=O) groups excluding carboxylic acids is 1. The highest BCUT2D eigenvalue weighted by molar-refractivity contribution is 5.74. The number of nitrogens with zero attached hydrogens (tertiary/aromatic N) is 3. The molecule has 132 valence electrons. The van der Waals surface area contributed by atoms with Gasteiger partial charge in [0.25, 0.3) is 0 Å². The van der Waals surface area contributed by atoms with Crippen molar-refractivity contribution in [2.45, 2.75) is 51.1 Å². The van der Waals surface area contributed by atoms with Gasteiger partial charge in [-0.3, -0.25) is 0 Å². The molecule has 0 unspecified atom stereocenters. The van der Waals surface area contributed by atoms with Gasteiger partial charge in [0.1, 0.15) is 5.82 Å². The molecule has 0 bridgehead atoms. The lowest BCUT2D eigenvalue weighted by Gasteiger charge is -2.23. The molecule has 4 rings (SSSR count). The summed E-state index contributed by atoms with van der Waals surface area (Å²) in [6.07, 6.45) is 3.91. The van der Waals surface area contributed by atoms with Crippen LogP contribution in [0.15, 0.2) is 30.3 Å². The van der Waals surface area contributed by atoms with Crippen LogP contribution in [0.5, 0.6) is 0 Å². The third kappa shape index (κ3) is 3.52. The van der Waals surface area contributed by atoms with Crippen molar-refractivity contribution in [1.82, 2.24) is 25.4 Å². The van der Waals surface area contributed by atoms with Gasteiger partial charge in [0, 0.05) is 19.5 Å². The van der Waals surface area contributed by atoms with Gasteiger partial charge in [-0.2, -0.15) is 5.10 Å². The molecule has 2 N–H and O–H groups in total. The molecule has 1 aromatic carbocycles. The maximum absolute atomic E-state index is 12.3. The zero-order chi connectivity index (χ0) is 17.2. The molecule has 1 aliphatic heterocycles. The van der Waals surface area contributed by atoms with Gasteiger partial charge in [-0.05, 0) is 36.7 Å². The first-order valence-electron chi connectivity index (χ1n) is 9.27. The van der Waals surface area contributed by atoms with Crippen LogP contribution >= 0.6 is 0 Å². The van der Waals surface area contributed by atoms with Crippen LogP contribution in [0, 0.1) is 5.92 Å². The molecule has 6 heteroatoms. The molecule has 1 aliphatic carbocycles. The van der Waals surface area contributed by atoms with Crippen LogP contribution in [0.4, 0.5) is 4.79 Å². The summed E-state index contributed by atoms with van der Waals surface area (Å²) < 4.78 is 1.94. The minimum atomic E-state index is -0.0989. The van der Waals surface area contributed by atoms with Crippen LogP contribution in [0.3, 0.4) is 0 Å². The summed E-state index contributed by atoms with van der Waals surface area (Å²) in [5, 5.41) is 10.6. The topological polar surface area (TPSA) is 71.8 Å². The van der Waals surface area contributed by atoms with E-state index in [9.17, 15) is 4.79 Å². The monoisotopic (exact) mass is 339 g/mol. The van der Waals surface area contributed by atoms with E-state index in [0.717, 1.165) is 50.4 Å². The third-order valence-electron chi connectivity index (χ3n) is 5.22. The first-order valence-corrected chi connectivity index (χ1v) is 9.27. The summed E-state index contributed by atoms with van der Waals surface area (Å²) >= 11 is 0. The van der Waals surface area contributed by atoms with Crippen molar-refractivity contribution >= 4 is 6.03 Å². The molecule has 25 heavy (non-hydrogen) atoms. The molecule has 3 atom stereocenters. The van der Waals surface area contributed by atoms with Gasteiger partial charge in [0.05, 0.1) is 6.04 Å². The molecule has 1 aromatic heterocycles. The first kappa shape index (κ1) is 16.1. The highest BCUT2D eigenvalue weighted by atomic mass is 16.2. The summed E-state index contributed by atoms with van der Waals surface area (Å²) in [4.78, 5) is 16.9. The number of aryl methyl sites for hydroxylation is 2. The Labute approximate surface area is 148 Å². The molecule has 2 amide bonds. The molecular formula is C19H25N5O. The fourth-order valence-corrected chi connectivity index (χ4v) is 3.70. The molecule has 0 spiro atoms. The van der Waals surface area contributed by atoms with E-state index in [1.165, 1.54) is 5.56 Å². The number of amides is 2. The Morgan fingerprint density at radius 1 is 1.32 bits per heavy atom. The Balaban J connectivity index is 1.28. The maximum Gasteiger partial charge on any atom is 0.315 e. The van der Waals surface area contributed by atoms with Crippen molar-refractivity contribution < 1.29 is 4.79 Å². The molecule has 2 aliphatic rings. The van der Waals surface area contributed by atoms with E-state index < -0.39 is 0 Å². The summed E-state index contributed by atoms with van der Waals surface area (Å²) in [5.74, 6) is 2.89. The zero-order valence-electron chi connectivity index (χ0n) is 14.6. The highest BCUT2D eigenvalue weighted by Crippen LogP contribution is 2.46. The molecule has 1 fully saturated rings. The van der Waals surface area contributed by atoms with Crippen LogP contribution in [-0.2, 0) is 13.0 Å². The van der Waals surface area contributed by atoms with Crippen LogP contribution in [-0.4, -0.2) is 27.3 Å². The van der Waals surface area contributed by atoms with Gasteiger partial charge in [-0.1, -0.05) is 37.3 Å². The fourth-order valence-electron chi connectivity index (χ4n) is 3.70. The van der Waals surface area contributed by atoms with Gasteiger partial charge in [-0.15, -0.1) is 0 Å². The fraction of sp³-hybridized carbons (Fsp3) is 0.526. The number of aromatic nitrogens is 3. The summed E-state index contributed by atoms with van der Waals surface area (Å²) in [6, 6.07) is 10.4. The third-order valence-corrected chi connectivity index (χ3v) is 5.22. The van der Waals surface area contributed by atoms with Gasteiger partial charge in [0.2, 0.25) is 0 Å². The Hall–Kier alpha value is -2.37. The number of benzene rings is 1. The van der Waals surface area contributed by atoms with Gasteiger partial charge < -0.3 is 10.6 Å². The Morgan fingerprint density at radius 3 is 2.96 bits per heavy atom. The van der Waals surface area contributed by atoms with Crippen molar-refractivity contribution in [2.75, 3.05) is 6.54 Å². The molecule has 2 heterocycles. The summed E-state index contributed by atoms with van der Waals surface area (Å²) in [6.45, 7) is 3.67. The second-order valence-corrected chi connectivity index (χ2v) is 7.03. The number of hydrogen-bond donors (Lipinski definition) is 2. The Bertz CT molecular complexity index is 742. The normalized spacial score (nSPS) is 24.4. The first-order chi connectivity index (χ1) is 12.2. The van der Waals surface area contributed by atoms with Crippen molar-refractivity contribution in [1.29, 1.82) is 0 Å². The van der Waals surface area contributed by atoms with E-state index in [1.807, 2.05) is 10.7 Å². The minimum Gasteiger partial charge on any atom is -0.338 e. The lowest BCUT2D eigenvalue weighted by molar-refractivity contribution is 0.232. The lowest BCUT2D eigenvalue weighted by Crippen LogP contribution is -2.41. The van der Waals surface area contributed by atoms with E-state index in [2.05, 4.69) is 51.9 Å². The predicted octanol–water partition coefficient (Wildman–Crippen LogP) is 2.78. The van der Waals surface area contributed by atoms with Gasteiger partial charge in [-0.25, -0.2) is 14.5 Å². The molecular weight excluding hydrogens is 314 g/mol. The lowest BCUT2D eigenvalue weighted by atomic mass is 10.1.